The number of rotatable bonds is 1. The molecule has 0 aromatic heterocycles. The third-order valence-electron chi connectivity index (χ3n) is 2.99. The lowest BCUT2D eigenvalue weighted by atomic mass is 9.87. The number of fused-ring (bicyclic) bond motifs is 1. The molecule has 6 nitrogen and oxygen atoms in total. The second-order valence-electron chi connectivity index (χ2n) is 4.66. The minimum absolute atomic E-state index is 0.0526. The zero-order valence-electron chi connectivity index (χ0n) is 9.58. The van der Waals surface area contributed by atoms with Gasteiger partial charge in [-0.15, -0.1) is 0 Å². The summed E-state index contributed by atoms with van der Waals surface area (Å²) in [5.41, 5.74) is 5.57. The van der Waals surface area contributed by atoms with E-state index in [1.54, 1.807) is 13.8 Å². The lowest BCUT2D eigenvalue weighted by molar-refractivity contribution is -0.385. The van der Waals surface area contributed by atoms with Crippen LogP contribution in [0.25, 0.3) is 0 Å². The van der Waals surface area contributed by atoms with E-state index in [0.717, 1.165) is 0 Å². The Labute approximate surface area is 98.2 Å². The van der Waals surface area contributed by atoms with Crippen LogP contribution in [0.4, 0.5) is 5.69 Å². The van der Waals surface area contributed by atoms with Crippen molar-refractivity contribution in [2.45, 2.75) is 31.6 Å². The summed E-state index contributed by atoms with van der Waals surface area (Å²) in [5.74, 6) is 0.363. The van der Waals surface area contributed by atoms with Gasteiger partial charge in [0.25, 0.3) is 5.69 Å². The molecule has 0 radical (unpaired) electrons. The van der Waals surface area contributed by atoms with Crippen molar-refractivity contribution in [3.05, 3.63) is 33.9 Å². The average molecular weight is 238 g/mol. The van der Waals surface area contributed by atoms with Crippen molar-refractivity contribution >= 4 is 5.69 Å². The second-order valence-corrected chi connectivity index (χ2v) is 4.66. The molecule has 1 aromatic carbocycles. The molecule has 1 heterocycles. The highest BCUT2D eigenvalue weighted by atomic mass is 16.6. The summed E-state index contributed by atoms with van der Waals surface area (Å²) >= 11 is 0. The van der Waals surface area contributed by atoms with Crippen LogP contribution in [-0.4, -0.2) is 21.7 Å². The molecule has 0 saturated carbocycles. The highest BCUT2D eigenvalue weighted by Crippen LogP contribution is 2.40. The van der Waals surface area contributed by atoms with Gasteiger partial charge < -0.3 is 15.6 Å². The van der Waals surface area contributed by atoms with E-state index in [1.165, 1.54) is 18.2 Å². The largest absolute Gasteiger partial charge is 0.484 e. The van der Waals surface area contributed by atoms with Crippen LogP contribution in [0.2, 0.25) is 0 Å². The van der Waals surface area contributed by atoms with Crippen LogP contribution in [-0.2, 0) is 0 Å². The Morgan fingerprint density at radius 1 is 1.53 bits per heavy atom. The van der Waals surface area contributed by atoms with Crippen molar-refractivity contribution in [3.63, 3.8) is 0 Å². The van der Waals surface area contributed by atoms with E-state index in [4.69, 9.17) is 10.5 Å². The SMILES string of the molecule is CC1(C)Oc2cc([N+](=O)[O-])ccc2C(N)C1O. The lowest BCUT2D eigenvalue weighted by Crippen LogP contribution is -2.51. The van der Waals surface area contributed by atoms with E-state index in [1.807, 2.05) is 0 Å². The maximum atomic E-state index is 10.7. The Morgan fingerprint density at radius 3 is 2.76 bits per heavy atom. The minimum Gasteiger partial charge on any atom is -0.484 e. The molecule has 1 aromatic rings. The van der Waals surface area contributed by atoms with Gasteiger partial charge in [0.1, 0.15) is 17.5 Å². The van der Waals surface area contributed by atoms with Crippen LogP contribution < -0.4 is 10.5 Å². The Morgan fingerprint density at radius 2 is 2.18 bits per heavy atom. The molecule has 3 N–H and O–H groups in total. The minimum atomic E-state index is -0.859. The zero-order chi connectivity index (χ0) is 12.8. The maximum absolute atomic E-state index is 10.7. The van der Waals surface area contributed by atoms with Crippen LogP contribution in [0, 0.1) is 10.1 Å². The van der Waals surface area contributed by atoms with Crippen LogP contribution in [0.3, 0.4) is 0 Å². The first-order valence-corrected chi connectivity index (χ1v) is 5.24. The van der Waals surface area contributed by atoms with Crippen LogP contribution in [0.15, 0.2) is 18.2 Å². The molecule has 2 unspecified atom stereocenters. The Bertz CT molecular complexity index is 473. The van der Waals surface area contributed by atoms with Gasteiger partial charge in [0.2, 0.25) is 0 Å². The fourth-order valence-corrected chi connectivity index (χ4v) is 1.95. The van der Waals surface area contributed by atoms with Gasteiger partial charge in [0.15, 0.2) is 0 Å². The van der Waals surface area contributed by atoms with Gasteiger partial charge in [-0.2, -0.15) is 0 Å². The number of nitrogens with two attached hydrogens (primary N) is 1. The predicted octanol–water partition coefficient (Wildman–Crippen LogP) is 1.13. The number of non-ortho nitro benzene ring substituents is 1. The van der Waals surface area contributed by atoms with E-state index >= 15 is 0 Å². The van der Waals surface area contributed by atoms with Gasteiger partial charge in [0, 0.05) is 11.6 Å². The van der Waals surface area contributed by atoms with Gasteiger partial charge in [-0.3, -0.25) is 10.1 Å². The molecule has 92 valence electrons. The van der Waals surface area contributed by atoms with Gasteiger partial charge >= 0.3 is 0 Å². The summed E-state index contributed by atoms with van der Waals surface area (Å²) in [6.45, 7) is 3.39. The van der Waals surface area contributed by atoms with E-state index in [-0.39, 0.29) is 5.69 Å². The van der Waals surface area contributed by atoms with E-state index in [9.17, 15) is 15.2 Å². The Hall–Kier alpha value is -1.66. The van der Waals surface area contributed by atoms with Gasteiger partial charge in [-0.25, -0.2) is 0 Å². The molecule has 1 aliphatic rings. The van der Waals surface area contributed by atoms with Crippen LogP contribution in [0.1, 0.15) is 25.5 Å². The number of aliphatic hydroxyl groups is 1. The molecule has 0 saturated heterocycles. The predicted molar refractivity (Wildman–Crippen MR) is 60.7 cm³/mol. The molecule has 0 amide bonds. The number of nitrogens with zero attached hydrogens (tertiary/aromatic N) is 1. The van der Waals surface area contributed by atoms with Gasteiger partial charge in [-0.05, 0) is 19.9 Å². The van der Waals surface area contributed by atoms with Gasteiger partial charge in [0.05, 0.1) is 17.0 Å². The topological polar surface area (TPSA) is 98.6 Å². The molecule has 1 aliphatic heterocycles. The summed E-state index contributed by atoms with van der Waals surface area (Å²) in [4.78, 5) is 10.2. The van der Waals surface area contributed by atoms with Crippen molar-refractivity contribution in [2.75, 3.05) is 0 Å². The normalized spacial score (nSPS) is 25.9. The van der Waals surface area contributed by atoms with Crippen molar-refractivity contribution in [1.29, 1.82) is 0 Å². The van der Waals surface area contributed by atoms with Gasteiger partial charge in [-0.1, -0.05) is 0 Å². The number of nitro benzene ring substituents is 1. The van der Waals surface area contributed by atoms with Crippen LogP contribution >= 0.6 is 0 Å². The fraction of sp³-hybridized carbons (Fsp3) is 0.455. The van der Waals surface area contributed by atoms with Crippen molar-refractivity contribution < 1.29 is 14.8 Å². The maximum Gasteiger partial charge on any atom is 0.273 e. The third kappa shape index (κ3) is 1.85. The molecule has 0 spiro atoms. The lowest BCUT2D eigenvalue weighted by Gasteiger charge is -2.40. The molecule has 6 heteroatoms. The summed E-state index contributed by atoms with van der Waals surface area (Å²) in [7, 11) is 0. The van der Waals surface area contributed by atoms with Crippen LogP contribution in [0.5, 0.6) is 5.75 Å². The van der Waals surface area contributed by atoms with E-state index < -0.39 is 22.7 Å². The monoisotopic (exact) mass is 238 g/mol. The first-order valence-electron chi connectivity index (χ1n) is 5.24. The number of aliphatic hydroxyl groups excluding tert-OH is 1. The highest BCUT2D eigenvalue weighted by Gasteiger charge is 2.41. The fourth-order valence-electron chi connectivity index (χ4n) is 1.95. The number of hydrogen-bond acceptors (Lipinski definition) is 5. The molecule has 2 atom stereocenters. The molecule has 17 heavy (non-hydrogen) atoms. The third-order valence-corrected chi connectivity index (χ3v) is 2.99. The summed E-state index contributed by atoms with van der Waals surface area (Å²) in [6, 6.07) is 3.61. The molecular formula is C11H14N2O4. The quantitative estimate of drug-likeness (QED) is 0.564. The first kappa shape index (κ1) is 11.8. The van der Waals surface area contributed by atoms with E-state index in [0.29, 0.717) is 11.3 Å². The number of hydrogen-bond donors (Lipinski definition) is 2. The van der Waals surface area contributed by atoms with Crippen molar-refractivity contribution in [1.82, 2.24) is 0 Å². The summed E-state index contributed by atoms with van der Waals surface area (Å²) < 4.78 is 5.56. The molecular weight excluding hydrogens is 224 g/mol. The molecule has 0 bridgehead atoms. The Balaban J connectivity index is 2.50. The van der Waals surface area contributed by atoms with E-state index in [2.05, 4.69) is 0 Å². The smallest absolute Gasteiger partial charge is 0.273 e. The summed E-state index contributed by atoms with van der Waals surface area (Å²) in [5, 5.41) is 20.6. The molecule has 0 aliphatic carbocycles. The molecule has 2 rings (SSSR count). The molecule has 0 fully saturated rings. The second kappa shape index (κ2) is 3.68. The van der Waals surface area contributed by atoms with Crippen molar-refractivity contribution in [3.8, 4) is 5.75 Å². The van der Waals surface area contributed by atoms with Crippen molar-refractivity contribution in [2.24, 2.45) is 5.73 Å². The number of nitro groups is 1. The zero-order valence-corrected chi connectivity index (χ0v) is 9.58. The highest BCUT2D eigenvalue weighted by molar-refractivity contribution is 5.48. The standard InChI is InChI=1S/C11H14N2O4/c1-11(2)10(14)9(12)7-4-3-6(13(15)16)5-8(7)17-11/h3-5,9-10,14H,12H2,1-2H3. The summed E-state index contributed by atoms with van der Waals surface area (Å²) in [6.07, 6.45) is -0.851. The number of benzene rings is 1. The first-order chi connectivity index (χ1) is 7.83. The number of ether oxygens (including phenoxy) is 1. The Kier molecular flexibility index (Phi) is 2.56. The average Bonchev–Trinajstić information content (AvgIpc) is 2.25.